The number of nitro benzene ring substituents is 1. The number of anilines is 2. The molecule has 146 valence electrons. The summed E-state index contributed by atoms with van der Waals surface area (Å²) in [6, 6.07) is 9.70. The third-order valence-corrected chi connectivity index (χ3v) is 4.69. The Hall–Kier alpha value is -3.26. The molecule has 0 saturated carbocycles. The quantitative estimate of drug-likeness (QED) is 0.631. The number of aryl methyl sites for hydroxylation is 2. The third-order valence-electron chi connectivity index (χ3n) is 4.69. The fourth-order valence-electron chi connectivity index (χ4n) is 3.32. The van der Waals surface area contributed by atoms with Crippen LogP contribution in [0.4, 0.5) is 17.1 Å². The molecular formula is C20H21N3O5. The zero-order chi connectivity index (χ0) is 20.3. The van der Waals surface area contributed by atoms with Gasteiger partial charge in [0.1, 0.15) is 6.61 Å². The van der Waals surface area contributed by atoms with Crippen LogP contribution in [-0.4, -0.2) is 37.0 Å². The molecular weight excluding hydrogens is 362 g/mol. The molecule has 0 atom stereocenters. The summed E-state index contributed by atoms with van der Waals surface area (Å²) >= 11 is 0. The predicted octanol–water partition coefficient (Wildman–Crippen LogP) is 3.08. The largest absolute Gasteiger partial charge is 0.375 e. The molecule has 3 rings (SSSR count). The first-order valence-electron chi connectivity index (χ1n) is 8.89. The van der Waals surface area contributed by atoms with Gasteiger partial charge in [-0.05, 0) is 49.6 Å². The molecule has 1 heterocycles. The summed E-state index contributed by atoms with van der Waals surface area (Å²) < 4.78 is 4.95. The van der Waals surface area contributed by atoms with Gasteiger partial charge in [0.2, 0.25) is 0 Å². The minimum absolute atomic E-state index is 0.00189. The summed E-state index contributed by atoms with van der Waals surface area (Å²) in [5.41, 5.74) is 3.08. The Morgan fingerprint density at radius 3 is 2.71 bits per heavy atom. The van der Waals surface area contributed by atoms with E-state index < -0.39 is 4.92 Å². The van der Waals surface area contributed by atoms with E-state index in [0.29, 0.717) is 23.4 Å². The number of ether oxygens (including phenoxy) is 1. The summed E-state index contributed by atoms with van der Waals surface area (Å²) in [5, 5.41) is 13.7. The van der Waals surface area contributed by atoms with Gasteiger partial charge in [0.15, 0.2) is 0 Å². The van der Waals surface area contributed by atoms with Crippen LogP contribution in [0.1, 0.15) is 27.9 Å². The van der Waals surface area contributed by atoms with Gasteiger partial charge >= 0.3 is 0 Å². The molecule has 0 unspecified atom stereocenters. The zero-order valence-electron chi connectivity index (χ0n) is 15.7. The fraction of sp³-hybridized carbons (Fsp3) is 0.300. The van der Waals surface area contributed by atoms with Gasteiger partial charge < -0.3 is 15.0 Å². The second kappa shape index (κ2) is 8.18. The lowest BCUT2D eigenvalue weighted by Crippen LogP contribution is -2.37. The molecule has 1 aliphatic rings. The molecule has 2 amide bonds. The standard InChI is InChI=1S/C20H21N3O5/c1-13-10-15(6-8-17(13)23(26)27)20(25)21-16-7-5-14-4-3-9-22(18(14)11-16)19(24)12-28-2/h5-8,10-11H,3-4,9,12H2,1-2H3,(H,21,25). The second-order valence-corrected chi connectivity index (χ2v) is 6.64. The summed E-state index contributed by atoms with van der Waals surface area (Å²) in [6.45, 7) is 2.19. The van der Waals surface area contributed by atoms with Crippen LogP contribution in [0, 0.1) is 17.0 Å². The predicted molar refractivity (Wildman–Crippen MR) is 105 cm³/mol. The zero-order valence-corrected chi connectivity index (χ0v) is 15.7. The summed E-state index contributed by atoms with van der Waals surface area (Å²) in [6.07, 6.45) is 1.73. The number of hydrogen-bond acceptors (Lipinski definition) is 5. The third kappa shape index (κ3) is 4.01. The van der Waals surface area contributed by atoms with Crippen molar-refractivity contribution in [1.82, 2.24) is 0 Å². The van der Waals surface area contributed by atoms with Crippen molar-refractivity contribution >= 4 is 28.9 Å². The molecule has 2 aromatic rings. The van der Waals surface area contributed by atoms with E-state index in [1.165, 1.54) is 25.3 Å². The second-order valence-electron chi connectivity index (χ2n) is 6.64. The van der Waals surface area contributed by atoms with Gasteiger partial charge in [0.05, 0.1) is 4.92 Å². The van der Waals surface area contributed by atoms with Gasteiger partial charge in [-0.15, -0.1) is 0 Å². The van der Waals surface area contributed by atoms with Crippen molar-refractivity contribution in [3.05, 3.63) is 63.2 Å². The Labute approximate surface area is 162 Å². The lowest BCUT2D eigenvalue weighted by molar-refractivity contribution is -0.385. The Bertz CT molecular complexity index is 941. The SMILES string of the molecule is COCC(=O)N1CCCc2ccc(NC(=O)c3ccc([N+](=O)[O-])c(C)c3)cc21. The first-order chi connectivity index (χ1) is 13.4. The maximum Gasteiger partial charge on any atom is 0.272 e. The molecule has 28 heavy (non-hydrogen) atoms. The molecule has 1 aliphatic heterocycles. The highest BCUT2D eigenvalue weighted by atomic mass is 16.6. The molecule has 0 aliphatic carbocycles. The van der Waals surface area contributed by atoms with E-state index >= 15 is 0 Å². The topological polar surface area (TPSA) is 102 Å². The smallest absolute Gasteiger partial charge is 0.272 e. The number of benzene rings is 2. The van der Waals surface area contributed by atoms with Crippen molar-refractivity contribution in [3.8, 4) is 0 Å². The first kappa shape index (κ1) is 19.5. The highest BCUT2D eigenvalue weighted by molar-refractivity contribution is 6.05. The van der Waals surface area contributed by atoms with Crippen LogP contribution < -0.4 is 10.2 Å². The van der Waals surface area contributed by atoms with Crippen molar-refractivity contribution in [2.24, 2.45) is 0 Å². The highest BCUT2D eigenvalue weighted by Gasteiger charge is 2.23. The molecule has 0 aromatic heterocycles. The average Bonchev–Trinajstić information content (AvgIpc) is 2.67. The number of carbonyl (C=O) groups excluding carboxylic acids is 2. The summed E-state index contributed by atoms with van der Waals surface area (Å²) in [5.74, 6) is -0.499. The lowest BCUT2D eigenvalue weighted by atomic mass is 10.0. The van der Waals surface area contributed by atoms with E-state index in [9.17, 15) is 19.7 Å². The van der Waals surface area contributed by atoms with Crippen molar-refractivity contribution in [2.45, 2.75) is 19.8 Å². The molecule has 8 heteroatoms. The normalized spacial score (nSPS) is 13.0. The van der Waals surface area contributed by atoms with E-state index in [-0.39, 0.29) is 24.1 Å². The van der Waals surface area contributed by atoms with Gasteiger partial charge in [-0.25, -0.2) is 0 Å². The van der Waals surface area contributed by atoms with E-state index in [1.54, 1.807) is 24.0 Å². The van der Waals surface area contributed by atoms with Crippen LogP contribution in [0.3, 0.4) is 0 Å². The highest BCUT2D eigenvalue weighted by Crippen LogP contribution is 2.30. The number of fused-ring (bicyclic) bond motifs is 1. The summed E-state index contributed by atoms with van der Waals surface area (Å²) in [7, 11) is 1.48. The number of nitrogens with one attached hydrogen (secondary N) is 1. The monoisotopic (exact) mass is 383 g/mol. The average molecular weight is 383 g/mol. The minimum atomic E-state index is -0.480. The van der Waals surface area contributed by atoms with Gasteiger partial charge in [-0.1, -0.05) is 6.07 Å². The molecule has 0 spiro atoms. The van der Waals surface area contributed by atoms with E-state index in [0.717, 1.165) is 24.1 Å². The molecule has 2 aromatic carbocycles. The Balaban J connectivity index is 1.82. The van der Waals surface area contributed by atoms with E-state index in [1.807, 2.05) is 6.07 Å². The lowest BCUT2D eigenvalue weighted by Gasteiger charge is -2.29. The number of methoxy groups -OCH3 is 1. The number of carbonyl (C=O) groups is 2. The van der Waals surface area contributed by atoms with Crippen molar-refractivity contribution in [3.63, 3.8) is 0 Å². The van der Waals surface area contributed by atoms with Gasteiger partial charge in [-0.3, -0.25) is 19.7 Å². The first-order valence-corrected chi connectivity index (χ1v) is 8.89. The Morgan fingerprint density at radius 1 is 1.25 bits per heavy atom. The molecule has 0 fully saturated rings. The molecule has 1 N–H and O–H groups in total. The van der Waals surface area contributed by atoms with E-state index in [4.69, 9.17) is 4.74 Å². The minimum Gasteiger partial charge on any atom is -0.375 e. The Kier molecular flexibility index (Phi) is 5.70. The molecule has 8 nitrogen and oxygen atoms in total. The van der Waals surface area contributed by atoms with Gasteiger partial charge in [-0.2, -0.15) is 0 Å². The molecule has 0 bridgehead atoms. The van der Waals surface area contributed by atoms with Gasteiger partial charge in [0.25, 0.3) is 17.5 Å². The van der Waals surface area contributed by atoms with E-state index in [2.05, 4.69) is 5.32 Å². The van der Waals surface area contributed by atoms with Gasteiger partial charge in [0, 0.05) is 42.2 Å². The van der Waals surface area contributed by atoms with Crippen LogP contribution >= 0.6 is 0 Å². The van der Waals surface area contributed by atoms with Crippen LogP contribution in [-0.2, 0) is 16.0 Å². The fourth-order valence-corrected chi connectivity index (χ4v) is 3.32. The van der Waals surface area contributed by atoms with Crippen LogP contribution in [0.15, 0.2) is 36.4 Å². The molecule has 0 saturated heterocycles. The van der Waals surface area contributed by atoms with Crippen LogP contribution in [0.25, 0.3) is 0 Å². The number of rotatable bonds is 5. The van der Waals surface area contributed by atoms with Crippen molar-refractivity contribution in [2.75, 3.05) is 30.5 Å². The number of hydrogen-bond donors (Lipinski definition) is 1. The number of nitro groups is 1. The number of nitrogens with zero attached hydrogens (tertiary/aromatic N) is 2. The van der Waals surface area contributed by atoms with Crippen LogP contribution in [0.2, 0.25) is 0 Å². The van der Waals surface area contributed by atoms with Crippen molar-refractivity contribution in [1.29, 1.82) is 0 Å². The summed E-state index contributed by atoms with van der Waals surface area (Å²) in [4.78, 5) is 37.0. The maximum atomic E-state index is 12.6. The van der Waals surface area contributed by atoms with Crippen molar-refractivity contribution < 1.29 is 19.2 Å². The Morgan fingerprint density at radius 2 is 2.04 bits per heavy atom. The van der Waals surface area contributed by atoms with Crippen LogP contribution in [0.5, 0.6) is 0 Å². The number of amides is 2. The maximum absolute atomic E-state index is 12.6. The molecule has 0 radical (unpaired) electrons.